The molecule has 0 saturated heterocycles. The molecule has 0 bridgehead atoms. The molecule has 1 aliphatic heterocycles. The van der Waals surface area contributed by atoms with E-state index >= 15 is 0 Å². The first-order chi connectivity index (χ1) is 15.3. The molecule has 0 atom stereocenters. The molecule has 7 nitrogen and oxygen atoms in total. The Bertz CT molecular complexity index is 1260. The lowest BCUT2D eigenvalue weighted by Crippen LogP contribution is -2.14. The number of ether oxygens (including phenoxy) is 2. The van der Waals surface area contributed by atoms with Crippen molar-refractivity contribution in [1.82, 2.24) is 0 Å². The summed E-state index contributed by atoms with van der Waals surface area (Å²) in [5, 5.41) is 3.36. The van der Waals surface area contributed by atoms with Gasteiger partial charge in [-0.3, -0.25) is 9.52 Å². The van der Waals surface area contributed by atoms with E-state index < -0.39 is 15.9 Å². The van der Waals surface area contributed by atoms with Gasteiger partial charge in [-0.1, -0.05) is 23.2 Å². The largest absolute Gasteiger partial charge is 0.490 e. The number of hydrogen-bond acceptors (Lipinski definition) is 5. The Balaban J connectivity index is 1.47. The summed E-state index contributed by atoms with van der Waals surface area (Å²) in [7, 11) is -3.85. The van der Waals surface area contributed by atoms with Crippen molar-refractivity contribution in [2.45, 2.75) is 11.3 Å². The summed E-state index contributed by atoms with van der Waals surface area (Å²) in [5.74, 6) is 0.475. The summed E-state index contributed by atoms with van der Waals surface area (Å²) in [4.78, 5) is 12.5. The van der Waals surface area contributed by atoms with Gasteiger partial charge in [0.15, 0.2) is 11.5 Å². The predicted octanol–water partition coefficient (Wildman–Crippen LogP) is 5.21. The van der Waals surface area contributed by atoms with Crippen molar-refractivity contribution in [3.05, 3.63) is 76.3 Å². The van der Waals surface area contributed by atoms with E-state index in [0.717, 1.165) is 6.42 Å². The van der Waals surface area contributed by atoms with Crippen molar-refractivity contribution in [3.8, 4) is 11.5 Å². The van der Waals surface area contributed by atoms with Crippen LogP contribution in [0.5, 0.6) is 11.5 Å². The average Bonchev–Trinajstić information content (AvgIpc) is 3.01. The fourth-order valence-electron chi connectivity index (χ4n) is 3.02. The molecule has 10 heteroatoms. The molecule has 3 aromatic carbocycles. The van der Waals surface area contributed by atoms with Gasteiger partial charge in [0.1, 0.15) is 0 Å². The molecule has 0 aromatic heterocycles. The van der Waals surface area contributed by atoms with Crippen LogP contribution in [0, 0.1) is 0 Å². The Morgan fingerprint density at radius 3 is 2.28 bits per heavy atom. The second-order valence-corrected chi connectivity index (χ2v) is 9.45. The van der Waals surface area contributed by atoms with Gasteiger partial charge in [0.25, 0.3) is 15.9 Å². The lowest BCUT2D eigenvalue weighted by atomic mass is 10.2. The molecule has 0 saturated carbocycles. The molecule has 0 fully saturated rings. The van der Waals surface area contributed by atoms with Crippen LogP contribution < -0.4 is 19.5 Å². The first-order valence-electron chi connectivity index (χ1n) is 9.61. The van der Waals surface area contributed by atoms with Crippen LogP contribution in [0.4, 0.5) is 11.4 Å². The molecule has 3 aromatic rings. The van der Waals surface area contributed by atoms with Crippen LogP contribution in [0.3, 0.4) is 0 Å². The Kier molecular flexibility index (Phi) is 6.45. The molecule has 1 heterocycles. The molecular weight excluding hydrogens is 475 g/mol. The monoisotopic (exact) mass is 492 g/mol. The van der Waals surface area contributed by atoms with Gasteiger partial charge >= 0.3 is 0 Å². The average molecular weight is 493 g/mol. The molecule has 0 aliphatic carbocycles. The molecule has 1 aliphatic rings. The van der Waals surface area contributed by atoms with Gasteiger partial charge in [0.05, 0.1) is 28.7 Å². The highest BCUT2D eigenvalue weighted by Crippen LogP contribution is 2.32. The molecule has 0 unspecified atom stereocenters. The number of sulfonamides is 1. The van der Waals surface area contributed by atoms with Gasteiger partial charge in [-0.05, 0) is 54.6 Å². The number of anilines is 2. The quantitative estimate of drug-likeness (QED) is 0.509. The van der Waals surface area contributed by atoms with Gasteiger partial charge in [-0.2, -0.15) is 0 Å². The van der Waals surface area contributed by atoms with Gasteiger partial charge in [0, 0.05) is 28.9 Å². The minimum atomic E-state index is -3.85. The van der Waals surface area contributed by atoms with E-state index in [1.54, 1.807) is 24.3 Å². The SMILES string of the molecule is O=C(Nc1ccc(NS(=O)(=O)c2ccc3c(c2)OCCCO3)cc1)c1cc(Cl)ccc1Cl. The molecule has 32 heavy (non-hydrogen) atoms. The number of hydrogen-bond donors (Lipinski definition) is 2. The van der Waals surface area contributed by atoms with Crippen LogP contribution in [0.2, 0.25) is 10.0 Å². The minimum Gasteiger partial charge on any atom is -0.490 e. The van der Waals surface area contributed by atoms with Gasteiger partial charge in [0.2, 0.25) is 0 Å². The third-order valence-electron chi connectivity index (χ3n) is 4.60. The Morgan fingerprint density at radius 1 is 0.844 bits per heavy atom. The maximum atomic E-state index is 12.8. The zero-order chi connectivity index (χ0) is 22.7. The van der Waals surface area contributed by atoms with Crippen molar-refractivity contribution < 1.29 is 22.7 Å². The number of amides is 1. The first-order valence-corrected chi connectivity index (χ1v) is 11.8. The Hall–Kier alpha value is -2.94. The second-order valence-electron chi connectivity index (χ2n) is 6.92. The van der Waals surface area contributed by atoms with Crippen molar-refractivity contribution in [3.63, 3.8) is 0 Å². The van der Waals surface area contributed by atoms with Crippen molar-refractivity contribution in [2.24, 2.45) is 0 Å². The summed E-state index contributed by atoms with van der Waals surface area (Å²) in [5.41, 5.74) is 1.03. The summed E-state index contributed by atoms with van der Waals surface area (Å²) in [6, 6.07) is 15.3. The summed E-state index contributed by atoms with van der Waals surface area (Å²) in [6.45, 7) is 0.973. The van der Waals surface area contributed by atoms with E-state index in [2.05, 4.69) is 10.0 Å². The molecular formula is C22H18Cl2N2O5S. The topological polar surface area (TPSA) is 93.7 Å². The number of benzene rings is 3. The number of carbonyl (C=O) groups is 1. The molecule has 0 radical (unpaired) electrons. The number of fused-ring (bicyclic) bond motifs is 1. The van der Waals surface area contributed by atoms with E-state index in [4.69, 9.17) is 32.7 Å². The maximum Gasteiger partial charge on any atom is 0.262 e. The van der Waals surface area contributed by atoms with Crippen molar-refractivity contribution in [1.29, 1.82) is 0 Å². The van der Waals surface area contributed by atoms with Crippen LogP contribution >= 0.6 is 23.2 Å². The van der Waals surface area contributed by atoms with Gasteiger partial charge in [-0.25, -0.2) is 8.42 Å². The Morgan fingerprint density at radius 2 is 1.53 bits per heavy atom. The Labute approximate surface area is 195 Å². The van der Waals surface area contributed by atoms with E-state index in [9.17, 15) is 13.2 Å². The van der Waals surface area contributed by atoms with Crippen LogP contribution in [-0.2, 0) is 10.0 Å². The smallest absolute Gasteiger partial charge is 0.262 e. The van der Waals surface area contributed by atoms with E-state index in [1.165, 1.54) is 36.4 Å². The van der Waals surface area contributed by atoms with Crippen LogP contribution in [0.1, 0.15) is 16.8 Å². The maximum absolute atomic E-state index is 12.8. The molecule has 2 N–H and O–H groups in total. The minimum absolute atomic E-state index is 0.0507. The zero-order valence-electron chi connectivity index (χ0n) is 16.6. The van der Waals surface area contributed by atoms with E-state index in [-0.39, 0.29) is 15.5 Å². The van der Waals surface area contributed by atoms with Crippen LogP contribution in [-0.4, -0.2) is 27.5 Å². The van der Waals surface area contributed by atoms with E-state index in [1.807, 2.05) is 0 Å². The summed E-state index contributed by atoms with van der Waals surface area (Å²) in [6.07, 6.45) is 0.724. The van der Waals surface area contributed by atoms with Gasteiger partial charge in [-0.15, -0.1) is 0 Å². The molecule has 166 valence electrons. The standard InChI is InChI=1S/C22H18Cl2N2O5S/c23-14-2-8-19(24)18(12-14)22(27)25-15-3-5-16(6-4-15)26-32(28,29)17-7-9-20-21(13-17)31-11-1-10-30-20/h2-9,12-13,26H,1,10-11H2,(H,25,27). The van der Waals surface area contributed by atoms with E-state index in [0.29, 0.717) is 41.1 Å². The number of carbonyl (C=O) groups excluding carboxylic acids is 1. The molecule has 1 amide bonds. The summed E-state index contributed by atoms with van der Waals surface area (Å²) >= 11 is 12.0. The predicted molar refractivity (Wildman–Crippen MR) is 124 cm³/mol. The zero-order valence-corrected chi connectivity index (χ0v) is 18.9. The summed E-state index contributed by atoms with van der Waals surface area (Å²) < 4.78 is 39.2. The normalized spacial score (nSPS) is 13.2. The fourth-order valence-corrected chi connectivity index (χ4v) is 4.47. The third-order valence-corrected chi connectivity index (χ3v) is 6.54. The van der Waals surface area contributed by atoms with Crippen molar-refractivity contribution in [2.75, 3.05) is 23.3 Å². The lowest BCUT2D eigenvalue weighted by molar-refractivity contribution is 0.102. The number of rotatable bonds is 5. The first kappa shape index (κ1) is 22.3. The highest BCUT2D eigenvalue weighted by molar-refractivity contribution is 7.92. The van der Waals surface area contributed by atoms with Gasteiger partial charge < -0.3 is 14.8 Å². The van der Waals surface area contributed by atoms with Crippen LogP contribution in [0.15, 0.2) is 65.6 Å². The molecule has 0 spiro atoms. The fraction of sp³-hybridized carbons (Fsp3) is 0.136. The van der Waals surface area contributed by atoms with Crippen LogP contribution in [0.25, 0.3) is 0 Å². The number of nitrogens with one attached hydrogen (secondary N) is 2. The highest BCUT2D eigenvalue weighted by Gasteiger charge is 2.19. The third kappa shape index (κ3) is 5.09. The van der Waals surface area contributed by atoms with Crippen molar-refractivity contribution >= 4 is 50.5 Å². The lowest BCUT2D eigenvalue weighted by Gasteiger charge is -2.12. The number of halogens is 2. The second kappa shape index (κ2) is 9.28. The highest BCUT2D eigenvalue weighted by atomic mass is 35.5. The molecule has 4 rings (SSSR count).